The Kier molecular flexibility index (Phi) is 4.57. The third-order valence-corrected chi connectivity index (χ3v) is 4.73. The van der Waals surface area contributed by atoms with Gasteiger partial charge in [-0.05, 0) is 35.6 Å². The topological polar surface area (TPSA) is 50.8 Å². The van der Waals surface area contributed by atoms with Crippen molar-refractivity contribution in [2.24, 2.45) is 0 Å². The Balaban J connectivity index is 1.53. The van der Waals surface area contributed by atoms with E-state index in [4.69, 9.17) is 4.74 Å². The lowest BCUT2D eigenvalue weighted by molar-refractivity contribution is 0.414. The van der Waals surface area contributed by atoms with Crippen LogP contribution in [-0.2, 0) is 6.42 Å². The first-order chi connectivity index (χ1) is 10.3. The van der Waals surface area contributed by atoms with Crippen molar-refractivity contribution in [2.45, 2.75) is 11.6 Å². The van der Waals surface area contributed by atoms with Crippen molar-refractivity contribution < 1.29 is 4.74 Å². The molecule has 2 heterocycles. The summed E-state index contributed by atoms with van der Waals surface area (Å²) in [6, 6.07) is 12.2. The van der Waals surface area contributed by atoms with Gasteiger partial charge < -0.3 is 4.74 Å². The summed E-state index contributed by atoms with van der Waals surface area (Å²) < 4.78 is 5.15. The van der Waals surface area contributed by atoms with Crippen LogP contribution in [0.3, 0.4) is 0 Å². The average Bonchev–Trinajstić information content (AvgIpc) is 3.19. The van der Waals surface area contributed by atoms with E-state index in [0.29, 0.717) is 0 Å². The molecule has 6 heteroatoms. The van der Waals surface area contributed by atoms with Gasteiger partial charge in [-0.3, -0.25) is 5.10 Å². The second-order valence-electron chi connectivity index (χ2n) is 4.39. The largest absolute Gasteiger partial charge is 0.497 e. The van der Waals surface area contributed by atoms with Crippen LogP contribution in [0.25, 0.3) is 10.7 Å². The minimum atomic E-state index is 0.798. The first kappa shape index (κ1) is 14.2. The number of thiophene rings is 1. The molecule has 1 aromatic carbocycles. The van der Waals surface area contributed by atoms with Crippen molar-refractivity contribution in [1.82, 2.24) is 15.2 Å². The highest BCUT2D eigenvalue weighted by Crippen LogP contribution is 2.23. The number of nitrogens with zero attached hydrogens (tertiary/aromatic N) is 2. The van der Waals surface area contributed by atoms with Gasteiger partial charge in [0.15, 0.2) is 5.82 Å². The minimum absolute atomic E-state index is 0.798. The number of hydrogen-bond acceptors (Lipinski definition) is 5. The Morgan fingerprint density at radius 2 is 2.10 bits per heavy atom. The Bertz CT molecular complexity index is 677. The van der Waals surface area contributed by atoms with E-state index < -0.39 is 0 Å². The Labute approximate surface area is 131 Å². The average molecular weight is 317 g/mol. The number of H-pyrrole nitrogens is 1. The summed E-state index contributed by atoms with van der Waals surface area (Å²) >= 11 is 3.32. The predicted octanol–water partition coefficient (Wildman–Crippen LogP) is 3.88. The maximum Gasteiger partial charge on any atom is 0.208 e. The molecule has 108 valence electrons. The molecule has 2 aromatic heterocycles. The van der Waals surface area contributed by atoms with Crippen LogP contribution in [0.15, 0.2) is 46.9 Å². The van der Waals surface area contributed by atoms with E-state index >= 15 is 0 Å². The summed E-state index contributed by atoms with van der Waals surface area (Å²) in [6.45, 7) is 0. The number of methoxy groups -OCH3 is 1. The number of nitrogens with one attached hydrogen (secondary N) is 1. The Morgan fingerprint density at radius 3 is 2.81 bits per heavy atom. The molecule has 0 bridgehead atoms. The molecule has 0 unspecified atom stereocenters. The highest BCUT2D eigenvalue weighted by atomic mass is 32.2. The van der Waals surface area contributed by atoms with E-state index in [1.807, 2.05) is 29.6 Å². The molecule has 0 saturated heterocycles. The number of aromatic amines is 1. The van der Waals surface area contributed by atoms with E-state index in [0.717, 1.165) is 33.8 Å². The number of aryl methyl sites for hydroxylation is 1. The number of hydrogen-bond donors (Lipinski definition) is 1. The fourth-order valence-corrected chi connectivity index (χ4v) is 3.34. The van der Waals surface area contributed by atoms with Gasteiger partial charge in [-0.25, -0.2) is 4.98 Å². The van der Waals surface area contributed by atoms with Crippen LogP contribution in [0, 0.1) is 0 Å². The summed E-state index contributed by atoms with van der Waals surface area (Å²) in [5, 5.41) is 10.1. The number of rotatable bonds is 6. The van der Waals surface area contributed by atoms with Crippen LogP contribution in [0.5, 0.6) is 5.75 Å². The van der Waals surface area contributed by atoms with Crippen LogP contribution in [0.2, 0.25) is 0 Å². The second kappa shape index (κ2) is 6.78. The summed E-state index contributed by atoms with van der Waals surface area (Å²) in [6.07, 6.45) is 0.984. The quantitative estimate of drug-likeness (QED) is 0.701. The van der Waals surface area contributed by atoms with Crippen LogP contribution < -0.4 is 4.74 Å². The van der Waals surface area contributed by atoms with E-state index in [1.165, 1.54) is 5.56 Å². The van der Waals surface area contributed by atoms with Crippen LogP contribution in [-0.4, -0.2) is 28.0 Å². The highest BCUT2D eigenvalue weighted by Gasteiger charge is 2.06. The standard InChI is InChI=1S/C15H15N3OS2/c1-19-12-6-4-11(5-7-12)8-10-21-15-16-14(17-18-15)13-3-2-9-20-13/h2-7,9H,8,10H2,1H3,(H,16,17,18). The van der Waals surface area contributed by atoms with Crippen molar-refractivity contribution in [3.05, 3.63) is 47.3 Å². The summed E-state index contributed by atoms with van der Waals surface area (Å²) in [5.74, 6) is 2.69. The molecule has 0 amide bonds. The summed E-state index contributed by atoms with van der Waals surface area (Å²) in [7, 11) is 1.68. The molecule has 0 atom stereocenters. The molecule has 0 fully saturated rings. The van der Waals surface area contributed by atoms with Gasteiger partial charge in [0.05, 0.1) is 12.0 Å². The number of benzene rings is 1. The fourth-order valence-electron chi connectivity index (χ4n) is 1.89. The Hall–Kier alpha value is -1.79. The van der Waals surface area contributed by atoms with Crippen LogP contribution in [0.4, 0.5) is 0 Å². The van der Waals surface area contributed by atoms with Gasteiger partial charge >= 0.3 is 0 Å². The van der Waals surface area contributed by atoms with Gasteiger partial charge in [-0.15, -0.1) is 16.4 Å². The van der Waals surface area contributed by atoms with Crippen molar-refractivity contribution in [3.63, 3.8) is 0 Å². The van der Waals surface area contributed by atoms with Gasteiger partial charge in [-0.2, -0.15) is 0 Å². The van der Waals surface area contributed by atoms with Crippen LogP contribution in [0.1, 0.15) is 5.56 Å². The highest BCUT2D eigenvalue weighted by molar-refractivity contribution is 7.99. The van der Waals surface area contributed by atoms with E-state index in [9.17, 15) is 0 Å². The monoisotopic (exact) mass is 317 g/mol. The third kappa shape index (κ3) is 3.65. The molecule has 3 rings (SSSR count). The molecule has 3 aromatic rings. The first-order valence-electron chi connectivity index (χ1n) is 6.57. The molecular weight excluding hydrogens is 302 g/mol. The summed E-state index contributed by atoms with van der Waals surface area (Å²) in [4.78, 5) is 5.61. The van der Waals surface area contributed by atoms with E-state index in [2.05, 4.69) is 27.3 Å². The number of aromatic nitrogens is 3. The third-order valence-electron chi connectivity index (χ3n) is 3.00. The first-order valence-corrected chi connectivity index (χ1v) is 8.43. The van der Waals surface area contributed by atoms with Gasteiger partial charge in [0.25, 0.3) is 0 Å². The second-order valence-corrected chi connectivity index (χ2v) is 6.40. The number of thioether (sulfide) groups is 1. The number of ether oxygens (including phenoxy) is 1. The molecule has 4 nitrogen and oxygen atoms in total. The molecule has 0 radical (unpaired) electrons. The normalized spacial score (nSPS) is 10.7. The maximum atomic E-state index is 5.15. The van der Waals surface area contributed by atoms with Gasteiger partial charge in [-0.1, -0.05) is 30.0 Å². The molecule has 0 spiro atoms. The predicted molar refractivity (Wildman–Crippen MR) is 87.1 cm³/mol. The fraction of sp³-hybridized carbons (Fsp3) is 0.200. The molecule has 0 aliphatic rings. The van der Waals surface area contributed by atoms with Crippen molar-refractivity contribution >= 4 is 23.1 Å². The molecule has 0 saturated carbocycles. The lowest BCUT2D eigenvalue weighted by atomic mass is 10.2. The van der Waals surface area contributed by atoms with Gasteiger partial charge in [0.2, 0.25) is 5.16 Å². The molecule has 0 aliphatic heterocycles. The van der Waals surface area contributed by atoms with E-state index in [1.54, 1.807) is 30.2 Å². The molecule has 0 aliphatic carbocycles. The lowest BCUT2D eigenvalue weighted by Gasteiger charge is -2.02. The minimum Gasteiger partial charge on any atom is -0.497 e. The van der Waals surface area contributed by atoms with Crippen LogP contribution >= 0.6 is 23.1 Å². The summed E-state index contributed by atoms with van der Waals surface area (Å²) in [5.41, 5.74) is 1.29. The zero-order chi connectivity index (χ0) is 14.5. The molecule has 1 N–H and O–H groups in total. The Morgan fingerprint density at radius 1 is 1.24 bits per heavy atom. The maximum absolute atomic E-state index is 5.15. The zero-order valence-corrected chi connectivity index (χ0v) is 13.2. The zero-order valence-electron chi connectivity index (χ0n) is 11.6. The van der Waals surface area contributed by atoms with Gasteiger partial charge in [0.1, 0.15) is 5.75 Å². The smallest absolute Gasteiger partial charge is 0.208 e. The van der Waals surface area contributed by atoms with Crippen molar-refractivity contribution in [1.29, 1.82) is 0 Å². The molecule has 21 heavy (non-hydrogen) atoms. The SMILES string of the molecule is COc1ccc(CCSc2n[nH]c(-c3cccs3)n2)cc1. The van der Waals surface area contributed by atoms with Gasteiger partial charge in [0, 0.05) is 5.75 Å². The van der Waals surface area contributed by atoms with Crippen molar-refractivity contribution in [2.75, 3.05) is 12.9 Å². The lowest BCUT2D eigenvalue weighted by Crippen LogP contribution is -1.90. The van der Waals surface area contributed by atoms with E-state index in [-0.39, 0.29) is 0 Å². The molecular formula is C15H15N3OS2. The van der Waals surface area contributed by atoms with Crippen molar-refractivity contribution in [3.8, 4) is 16.5 Å².